The Kier molecular flexibility index (Phi) is 4.97. The number of rotatable bonds is 4. The first-order valence-corrected chi connectivity index (χ1v) is 11.0. The van der Waals surface area contributed by atoms with Crippen molar-refractivity contribution in [1.29, 1.82) is 0 Å². The van der Waals surface area contributed by atoms with Gasteiger partial charge >= 0.3 is 0 Å². The van der Waals surface area contributed by atoms with Crippen LogP contribution in [-0.4, -0.2) is 52.2 Å². The van der Waals surface area contributed by atoms with Crippen LogP contribution in [0.5, 0.6) is 0 Å². The van der Waals surface area contributed by atoms with Gasteiger partial charge in [-0.05, 0) is 25.3 Å². The Labute approximate surface area is 168 Å². The fourth-order valence-corrected chi connectivity index (χ4v) is 5.79. The first-order chi connectivity index (χ1) is 13.7. The average molecular weight is 381 g/mol. The molecule has 0 amide bonds. The lowest BCUT2D eigenvalue weighted by atomic mass is 9.70. The smallest absolute Gasteiger partial charge is 0.231 e. The average Bonchev–Trinajstić information content (AvgIpc) is 3.15. The highest BCUT2D eigenvalue weighted by molar-refractivity contribution is 5.19. The van der Waals surface area contributed by atoms with Crippen molar-refractivity contribution in [2.24, 2.45) is 5.41 Å². The van der Waals surface area contributed by atoms with E-state index in [1.807, 2.05) is 6.92 Å². The van der Waals surface area contributed by atoms with Gasteiger partial charge < -0.3 is 4.52 Å². The third kappa shape index (κ3) is 3.50. The predicted molar refractivity (Wildman–Crippen MR) is 109 cm³/mol. The summed E-state index contributed by atoms with van der Waals surface area (Å²) in [7, 11) is 0. The standard InChI is InChI=1S/C23H32N4O/c1-18-24-22(28-25-18)21-14-26(13-19-9-5-4-6-10-19)15-23(21)16-27(17-23)20-11-7-2-3-8-12-20/h4-6,9-10,20-21H,2-3,7-8,11-17H2,1H3. The zero-order chi connectivity index (χ0) is 19.0. The van der Waals surface area contributed by atoms with Crippen LogP contribution in [0.4, 0.5) is 0 Å². The number of likely N-dealkylation sites (tertiary alicyclic amines) is 2. The monoisotopic (exact) mass is 380 g/mol. The topological polar surface area (TPSA) is 45.4 Å². The summed E-state index contributed by atoms with van der Waals surface area (Å²) in [6.45, 7) is 7.47. The fourth-order valence-electron chi connectivity index (χ4n) is 5.79. The molecule has 0 N–H and O–H groups in total. The molecule has 5 heteroatoms. The van der Waals surface area contributed by atoms with Crippen LogP contribution in [0.25, 0.3) is 0 Å². The molecule has 1 aromatic carbocycles. The van der Waals surface area contributed by atoms with Gasteiger partial charge in [0.2, 0.25) is 5.89 Å². The van der Waals surface area contributed by atoms with Crippen LogP contribution >= 0.6 is 0 Å². The maximum atomic E-state index is 5.67. The van der Waals surface area contributed by atoms with E-state index in [-0.39, 0.29) is 5.41 Å². The molecule has 5 nitrogen and oxygen atoms in total. The van der Waals surface area contributed by atoms with Crippen molar-refractivity contribution in [2.45, 2.75) is 64.0 Å². The Bertz CT molecular complexity index is 775. The zero-order valence-corrected chi connectivity index (χ0v) is 17.0. The molecule has 1 spiro atoms. The Hall–Kier alpha value is -1.72. The third-order valence-electron chi connectivity index (χ3n) is 7.19. The number of nitrogens with zero attached hydrogens (tertiary/aromatic N) is 4. The first-order valence-electron chi connectivity index (χ1n) is 11.0. The van der Waals surface area contributed by atoms with E-state index in [2.05, 4.69) is 50.3 Å². The molecular weight excluding hydrogens is 348 g/mol. The number of aromatic nitrogens is 2. The van der Waals surface area contributed by atoms with Gasteiger partial charge in [0.05, 0.1) is 5.92 Å². The van der Waals surface area contributed by atoms with Crippen LogP contribution in [0.2, 0.25) is 0 Å². The molecule has 2 aromatic rings. The molecule has 3 aliphatic rings. The van der Waals surface area contributed by atoms with E-state index in [0.717, 1.165) is 37.4 Å². The van der Waals surface area contributed by atoms with E-state index in [9.17, 15) is 0 Å². The van der Waals surface area contributed by atoms with Gasteiger partial charge in [0.1, 0.15) is 0 Å². The highest BCUT2D eigenvalue weighted by Gasteiger charge is 2.57. The van der Waals surface area contributed by atoms with E-state index >= 15 is 0 Å². The second-order valence-corrected chi connectivity index (χ2v) is 9.30. The molecule has 5 rings (SSSR count). The summed E-state index contributed by atoms with van der Waals surface area (Å²) in [6, 6.07) is 11.6. The molecule has 3 fully saturated rings. The third-order valence-corrected chi connectivity index (χ3v) is 7.19. The maximum Gasteiger partial charge on any atom is 0.231 e. The molecule has 2 aliphatic heterocycles. The van der Waals surface area contributed by atoms with Gasteiger partial charge in [0, 0.05) is 44.2 Å². The molecule has 28 heavy (non-hydrogen) atoms. The largest absolute Gasteiger partial charge is 0.339 e. The summed E-state index contributed by atoms with van der Waals surface area (Å²) in [5, 5.41) is 4.10. The van der Waals surface area contributed by atoms with Crippen LogP contribution in [0.15, 0.2) is 34.9 Å². The van der Waals surface area contributed by atoms with Crippen LogP contribution in [0, 0.1) is 12.3 Å². The molecular formula is C23H32N4O. The van der Waals surface area contributed by atoms with Crippen molar-refractivity contribution >= 4 is 0 Å². The van der Waals surface area contributed by atoms with E-state index in [4.69, 9.17) is 4.52 Å². The van der Waals surface area contributed by atoms with Gasteiger partial charge in [-0.3, -0.25) is 9.80 Å². The van der Waals surface area contributed by atoms with Gasteiger partial charge in [0.15, 0.2) is 5.82 Å². The minimum atomic E-state index is 0.278. The van der Waals surface area contributed by atoms with Crippen molar-refractivity contribution in [2.75, 3.05) is 26.2 Å². The van der Waals surface area contributed by atoms with Crippen LogP contribution in [0.3, 0.4) is 0 Å². The Morgan fingerprint density at radius 3 is 2.46 bits per heavy atom. The summed E-state index contributed by atoms with van der Waals surface area (Å²) in [6.07, 6.45) is 8.41. The fraction of sp³-hybridized carbons (Fsp3) is 0.652. The Balaban J connectivity index is 1.32. The lowest BCUT2D eigenvalue weighted by Gasteiger charge is -2.53. The number of aryl methyl sites for hydroxylation is 1. The molecule has 0 bridgehead atoms. The molecule has 1 atom stereocenters. The molecule has 1 unspecified atom stereocenters. The van der Waals surface area contributed by atoms with Gasteiger partial charge in [-0.2, -0.15) is 4.98 Å². The van der Waals surface area contributed by atoms with Gasteiger partial charge in [0.25, 0.3) is 0 Å². The number of hydrogen-bond acceptors (Lipinski definition) is 5. The quantitative estimate of drug-likeness (QED) is 0.750. The van der Waals surface area contributed by atoms with Crippen LogP contribution in [-0.2, 0) is 6.54 Å². The minimum Gasteiger partial charge on any atom is -0.339 e. The zero-order valence-electron chi connectivity index (χ0n) is 17.0. The lowest BCUT2D eigenvalue weighted by Crippen LogP contribution is -2.62. The van der Waals surface area contributed by atoms with E-state index < -0.39 is 0 Å². The number of benzene rings is 1. The highest BCUT2D eigenvalue weighted by Crippen LogP contribution is 2.50. The molecule has 1 aromatic heterocycles. The van der Waals surface area contributed by atoms with E-state index in [0.29, 0.717) is 5.92 Å². The lowest BCUT2D eigenvalue weighted by molar-refractivity contribution is -0.0425. The van der Waals surface area contributed by atoms with Crippen molar-refractivity contribution in [3.05, 3.63) is 47.6 Å². The SMILES string of the molecule is Cc1noc(C2CN(Cc3ccccc3)CC23CN(C2CCCCCC2)C3)n1. The van der Waals surface area contributed by atoms with Crippen molar-refractivity contribution in [1.82, 2.24) is 19.9 Å². The van der Waals surface area contributed by atoms with Crippen molar-refractivity contribution < 1.29 is 4.52 Å². The first kappa shape index (κ1) is 18.3. The molecule has 2 saturated heterocycles. The van der Waals surface area contributed by atoms with Gasteiger partial charge in [-0.1, -0.05) is 61.2 Å². The minimum absolute atomic E-state index is 0.278. The Morgan fingerprint density at radius 1 is 1.04 bits per heavy atom. The predicted octanol–water partition coefficient (Wildman–Crippen LogP) is 4.00. The number of hydrogen-bond donors (Lipinski definition) is 0. The molecule has 150 valence electrons. The summed E-state index contributed by atoms with van der Waals surface area (Å²) >= 11 is 0. The maximum absolute atomic E-state index is 5.67. The summed E-state index contributed by atoms with van der Waals surface area (Å²) in [5.41, 5.74) is 1.67. The molecule has 0 radical (unpaired) electrons. The highest BCUT2D eigenvalue weighted by atomic mass is 16.5. The summed E-state index contributed by atoms with van der Waals surface area (Å²) in [5.74, 6) is 1.97. The second kappa shape index (κ2) is 7.60. The summed E-state index contributed by atoms with van der Waals surface area (Å²) < 4.78 is 5.67. The molecule has 3 heterocycles. The van der Waals surface area contributed by atoms with Crippen molar-refractivity contribution in [3.8, 4) is 0 Å². The summed E-state index contributed by atoms with van der Waals surface area (Å²) in [4.78, 5) is 10.00. The van der Waals surface area contributed by atoms with Crippen LogP contribution in [0.1, 0.15) is 61.7 Å². The van der Waals surface area contributed by atoms with Gasteiger partial charge in [-0.15, -0.1) is 0 Å². The van der Waals surface area contributed by atoms with E-state index in [1.54, 1.807) is 0 Å². The van der Waals surface area contributed by atoms with Crippen molar-refractivity contribution in [3.63, 3.8) is 0 Å². The van der Waals surface area contributed by atoms with Crippen LogP contribution < -0.4 is 0 Å². The second-order valence-electron chi connectivity index (χ2n) is 9.30. The van der Waals surface area contributed by atoms with E-state index in [1.165, 1.54) is 57.2 Å². The normalized spacial score (nSPS) is 26.4. The Morgan fingerprint density at radius 2 is 1.79 bits per heavy atom. The van der Waals surface area contributed by atoms with Gasteiger partial charge in [-0.25, -0.2) is 0 Å². The molecule has 1 saturated carbocycles. The molecule has 1 aliphatic carbocycles.